The minimum absolute atomic E-state index is 0.0549. The summed E-state index contributed by atoms with van der Waals surface area (Å²) in [7, 11) is 0. The van der Waals surface area contributed by atoms with Crippen LogP contribution in [0.3, 0.4) is 0 Å². The maximum Gasteiger partial charge on any atom is 0.337 e. The molecule has 0 saturated carbocycles. The largest absolute Gasteiger partial charge is 0.479 e. The summed E-state index contributed by atoms with van der Waals surface area (Å²) in [6.45, 7) is 7.95. The number of aliphatic hydroxyl groups is 1. The van der Waals surface area contributed by atoms with Gasteiger partial charge in [-0.15, -0.1) is 0 Å². The summed E-state index contributed by atoms with van der Waals surface area (Å²) in [5.74, 6) is -1.21. The second-order valence-electron chi connectivity index (χ2n) is 5.06. The first-order valence-corrected chi connectivity index (χ1v) is 5.25. The number of carboxylic acid groups (broad SMARTS) is 1. The molecule has 3 heteroatoms. The predicted octanol–water partition coefficient (Wildman–Crippen LogP) is 2.41. The molecule has 0 radical (unpaired) electrons. The molecule has 1 rings (SSSR count). The quantitative estimate of drug-likeness (QED) is 0.807. The van der Waals surface area contributed by atoms with Crippen LogP contribution in [0, 0.1) is 6.92 Å². The van der Waals surface area contributed by atoms with Gasteiger partial charge in [0.05, 0.1) is 0 Å². The van der Waals surface area contributed by atoms with Gasteiger partial charge in [0.25, 0.3) is 0 Å². The molecule has 0 bridgehead atoms. The Bertz CT molecular complexity index is 402. The van der Waals surface area contributed by atoms with Gasteiger partial charge in [-0.05, 0) is 29.0 Å². The lowest BCUT2D eigenvalue weighted by Gasteiger charge is -2.21. The molecule has 1 atom stereocenters. The molecule has 88 valence electrons. The maximum absolute atomic E-state index is 10.8. The Morgan fingerprint density at radius 2 is 1.88 bits per heavy atom. The number of carbonyl (C=O) groups is 1. The molecule has 0 aromatic heterocycles. The van der Waals surface area contributed by atoms with E-state index in [-0.39, 0.29) is 5.41 Å². The van der Waals surface area contributed by atoms with Gasteiger partial charge in [-0.2, -0.15) is 0 Å². The van der Waals surface area contributed by atoms with Gasteiger partial charge in [0.1, 0.15) is 0 Å². The van der Waals surface area contributed by atoms with Crippen molar-refractivity contribution < 1.29 is 15.0 Å². The van der Waals surface area contributed by atoms with Crippen LogP contribution in [0.15, 0.2) is 18.2 Å². The van der Waals surface area contributed by atoms with E-state index >= 15 is 0 Å². The van der Waals surface area contributed by atoms with Gasteiger partial charge in [-0.3, -0.25) is 0 Å². The fraction of sp³-hybridized carbons (Fsp3) is 0.462. The Hall–Kier alpha value is -1.35. The van der Waals surface area contributed by atoms with Crippen molar-refractivity contribution in [3.8, 4) is 0 Å². The van der Waals surface area contributed by atoms with Crippen molar-refractivity contribution in [3.63, 3.8) is 0 Å². The molecule has 16 heavy (non-hydrogen) atoms. The zero-order valence-electron chi connectivity index (χ0n) is 10.1. The van der Waals surface area contributed by atoms with Crippen molar-refractivity contribution in [2.24, 2.45) is 0 Å². The number of aliphatic hydroxyl groups excluding tert-OH is 1. The first kappa shape index (κ1) is 12.7. The molecule has 0 amide bonds. The average Bonchev–Trinajstić information content (AvgIpc) is 2.15. The van der Waals surface area contributed by atoms with Crippen molar-refractivity contribution >= 4 is 5.97 Å². The van der Waals surface area contributed by atoms with Crippen molar-refractivity contribution in [1.29, 1.82) is 0 Å². The number of benzene rings is 1. The molecular formula is C13H18O3. The first-order valence-electron chi connectivity index (χ1n) is 5.25. The summed E-state index contributed by atoms with van der Waals surface area (Å²) in [5, 5.41) is 18.4. The highest BCUT2D eigenvalue weighted by atomic mass is 16.4. The molecule has 0 heterocycles. The number of hydrogen-bond donors (Lipinski definition) is 2. The topological polar surface area (TPSA) is 57.5 Å². The van der Waals surface area contributed by atoms with E-state index in [0.29, 0.717) is 5.56 Å². The van der Waals surface area contributed by atoms with Gasteiger partial charge in [0.2, 0.25) is 0 Å². The molecule has 0 aliphatic carbocycles. The number of rotatable bonds is 2. The number of aryl methyl sites for hydroxylation is 1. The summed E-state index contributed by atoms with van der Waals surface area (Å²) in [5.41, 5.74) is 2.23. The molecule has 2 N–H and O–H groups in total. The van der Waals surface area contributed by atoms with Gasteiger partial charge in [0.15, 0.2) is 6.10 Å². The molecule has 1 aromatic rings. The monoisotopic (exact) mass is 222 g/mol. The zero-order chi connectivity index (χ0) is 12.5. The Kier molecular flexibility index (Phi) is 3.38. The zero-order valence-corrected chi connectivity index (χ0v) is 10.1. The van der Waals surface area contributed by atoms with E-state index in [9.17, 15) is 9.90 Å². The van der Waals surface area contributed by atoms with Gasteiger partial charge in [-0.1, -0.05) is 39.0 Å². The smallest absolute Gasteiger partial charge is 0.337 e. The maximum atomic E-state index is 10.8. The second-order valence-corrected chi connectivity index (χ2v) is 5.06. The average molecular weight is 222 g/mol. The van der Waals surface area contributed by atoms with Crippen molar-refractivity contribution in [2.45, 2.75) is 39.2 Å². The third kappa shape index (κ3) is 2.61. The molecular weight excluding hydrogens is 204 g/mol. The minimum Gasteiger partial charge on any atom is -0.479 e. The summed E-state index contributed by atoms with van der Waals surface area (Å²) in [4.78, 5) is 10.8. The number of hydrogen-bond acceptors (Lipinski definition) is 2. The molecule has 0 saturated heterocycles. The lowest BCUT2D eigenvalue weighted by atomic mass is 9.84. The Balaban J connectivity index is 3.24. The molecule has 0 fully saturated rings. The normalized spacial score (nSPS) is 13.6. The van der Waals surface area contributed by atoms with E-state index in [1.165, 1.54) is 0 Å². The van der Waals surface area contributed by atoms with Crippen LogP contribution in [-0.2, 0) is 10.2 Å². The van der Waals surface area contributed by atoms with Gasteiger partial charge < -0.3 is 10.2 Å². The van der Waals surface area contributed by atoms with Crippen LogP contribution in [0.5, 0.6) is 0 Å². The van der Waals surface area contributed by atoms with E-state index < -0.39 is 12.1 Å². The SMILES string of the molecule is Cc1ccc(C(C)(C)C)cc1C(O)C(=O)O. The molecule has 1 aromatic carbocycles. The van der Waals surface area contributed by atoms with Crippen LogP contribution in [0.25, 0.3) is 0 Å². The van der Waals surface area contributed by atoms with Crippen LogP contribution < -0.4 is 0 Å². The standard InChI is InChI=1S/C13H18O3/c1-8-5-6-9(13(2,3)4)7-10(8)11(14)12(15)16/h5-7,11,14H,1-4H3,(H,15,16). The summed E-state index contributed by atoms with van der Waals surface area (Å²) >= 11 is 0. The highest BCUT2D eigenvalue weighted by Gasteiger charge is 2.21. The van der Waals surface area contributed by atoms with E-state index in [4.69, 9.17) is 5.11 Å². The Morgan fingerprint density at radius 1 is 1.31 bits per heavy atom. The van der Waals surface area contributed by atoms with Crippen molar-refractivity contribution in [2.75, 3.05) is 0 Å². The third-order valence-corrected chi connectivity index (χ3v) is 2.67. The lowest BCUT2D eigenvalue weighted by molar-refractivity contribution is -0.147. The van der Waals surface area contributed by atoms with Crippen molar-refractivity contribution in [1.82, 2.24) is 0 Å². The molecule has 0 spiro atoms. The Labute approximate surface area is 95.7 Å². The van der Waals surface area contributed by atoms with Gasteiger partial charge >= 0.3 is 5.97 Å². The van der Waals surface area contributed by atoms with E-state index in [2.05, 4.69) is 20.8 Å². The highest BCUT2D eigenvalue weighted by molar-refractivity contribution is 5.74. The predicted molar refractivity (Wildman–Crippen MR) is 62.5 cm³/mol. The van der Waals surface area contributed by atoms with E-state index in [0.717, 1.165) is 11.1 Å². The number of aliphatic carboxylic acids is 1. The third-order valence-electron chi connectivity index (χ3n) is 2.67. The minimum atomic E-state index is -1.44. The molecule has 0 aliphatic heterocycles. The van der Waals surface area contributed by atoms with E-state index in [1.807, 2.05) is 12.1 Å². The Morgan fingerprint density at radius 3 is 2.31 bits per heavy atom. The van der Waals surface area contributed by atoms with Crippen LogP contribution >= 0.6 is 0 Å². The fourth-order valence-electron chi connectivity index (χ4n) is 1.53. The fourth-order valence-corrected chi connectivity index (χ4v) is 1.53. The van der Waals surface area contributed by atoms with Gasteiger partial charge in [0, 0.05) is 0 Å². The molecule has 0 aliphatic rings. The summed E-state index contributed by atoms with van der Waals surface area (Å²) in [6, 6.07) is 5.59. The van der Waals surface area contributed by atoms with Crippen LogP contribution in [-0.4, -0.2) is 16.2 Å². The molecule has 3 nitrogen and oxygen atoms in total. The molecule has 1 unspecified atom stereocenters. The van der Waals surface area contributed by atoms with Gasteiger partial charge in [-0.25, -0.2) is 4.79 Å². The van der Waals surface area contributed by atoms with E-state index in [1.54, 1.807) is 13.0 Å². The lowest BCUT2D eigenvalue weighted by Crippen LogP contribution is -2.16. The summed E-state index contributed by atoms with van der Waals surface area (Å²) in [6.07, 6.45) is -1.44. The van der Waals surface area contributed by atoms with Crippen molar-refractivity contribution in [3.05, 3.63) is 34.9 Å². The second kappa shape index (κ2) is 4.26. The summed E-state index contributed by atoms with van der Waals surface area (Å²) < 4.78 is 0. The first-order chi connectivity index (χ1) is 7.23. The van der Waals surface area contributed by atoms with Crippen LogP contribution in [0.1, 0.15) is 43.6 Å². The number of carboxylic acids is 1. The van der Waals surface area contributed by atoms with Crippen LogP contribution in [0.4, 0.5) is 0 Å². The van der Waals surface area contributed by atoms with Crippen LogP contribution in [0.2, 0.25) is 0 Å². The highest BCUT2D eigenvalue weighted by Crippen LogP contribution is 2.27.